The summed E-state index contributed by atoms with van der Waals surface area (Å²) in [6.45, 7) is 1.88. The maximum Gasteiger partial charge on any atom is 0.293 e. The van der Waals surface area contributed by atoms with Crippen molar-refractivity contribution in [2.45, 2.75) is 38.6 Å². The van der Waals surface area contributed by atoms with Gasteiger partial charge in [-0.2, -0.15) is 4.57 Å². The van der Waals surface area contributed by atoms with Crippen molar-refractivity contribution in [1.82, 2.24) is 0 Å². The van der Waals surface area contributed by atoms with Gasteiger partial charge in [-0.15, -0.1) is 0 Å². The van der Waals surface area contributed by atoms with Gasteiger partial charge in [-0.05, 0) is 49.4 Å². The number of carbonyl (C=O) groups excluding carboxylic acids is 1. The molecule has 2 aromatic rings. The fraction of sp³-hybridized carbons (Fsp3) is 0.333. The van der Waals surface area contributed by atoms with Crippen molar-refractivity contribution in [2.75, 3.05) is 5.32 Å². The first kappa shape index (κ1) is 16.3. The first-order valence-corrected chi connectivity index (χ1v) is 8.58. The van der Waals surface area contributed by atoms with E-state index in [1.807, 2.05) is 17.7 Å². The number of pyridine rings is 1. The van der Waals surface area contributed by atoms with Gasteiger partial charge in [0.1, 0.15) is 0 Å². The summed E-state index contributed by atoms with van der Waals surface area (Å²) >= 11 is 12.1. The third-order valence-corrected chi connectivity index (χ3v) is 4.89. The van der Waals surface area contributed by atoms with Gasteiger partial charge in [0.25, 0.3) is 5.91 Å². The third-order valence-electron chi connectivity index (χ3n) is 4.32. The highest BCUT2D eigenvalue weighted by molar-refractivity contribution is 6.35. The summed E-state index contributed by atoms with van der Waals surface area (Å²) in [5.41, 5.74) is 3.28. The van der Waals surface area contributed by atoms with E-state index >= 15 is 0 Å². The summed E-state index contributed by atoms with van der Waals surface area (Å²) in [5.74, 6) is -0.116. The average Bonchev–Trinajstić information content (AvgIpc) is 2.57. The monoisotopic (exact) mass is 349 g/mol. The van der Waals surface area contributed by atoms with E-state index in [0.717, 1.165) is 12.8 Å². The van der Waals surface area contributed by atoms with Crippen molar-refractivity contribution in [3.8, 4) is 0 Å². The summed E-state index contributed by atoms with van der Waals surface area (Å²) in [7, 11) is 0. The molecule has 0 radical (unpaired) electrons. The summed E-state index contributed by atoms with van der Waals surface area (Å²) in [6, 6.07) is 6.84. The molecule has 120 valence electrons. The number of anilines is 1. The average molecular weight is 350 g/mol. The maximum atomic E-state index is 12.5. The molecule has 5 heteroatoms. The van der Waals surface area contributed by atoms with Crippen LogP contribution in [0.15, 0.2) is 36.7 Å². The molecular formula is C18H19Cl2N2O+. The number of nitrogens with zero attached hydrogens (tertiary/aromatic N) is 1. The van der Waals surface area contributed by atoms with E-state index in [9.17, 15) is 4.79 Å². The molecule has 0 unspecified atom stereocenters. The molecule has 1 atom stereocenters. The fourth-order valence-corrected chi connectivity index (χ4v) is 3.23. The van der Waals surface area contributed by atoms with Gasteiger partial charge < -0.3 is 5.32 Å². The SMILES string of the molecule is C[C@@H](C(=O)Nc1cc(Cl)ccc1Cl)[n+]1ccc2c(c1)CCCC2. The highest BCUT2D eigenvalue weighted by Crippen LogP contribution is 2.26. The number of halogens is 2. The van der Waals surface area contributed by atoms with E-state index in [0.29, 0.717) is 15.7 Å². The molecule has 1 heterocycles. The number of carbonyl (C=O) groups is 1. The molecule has 1 amide bonds. The van der Waals surface area contributed by atoms with Crippen LogP contribution in [0.3, 0.4) is 0 Å². The summed E-state index contributed by atoms with van der Waals surface area (Å²) in [4.78, 5) is 12.5. The predicted octanol–water partition coefficient (Wildman–Crippen LogP) is 4.36. The van der Waals surface area contributed by atoms with Crippen molar-refractivity contribution in [1.29, 1.82) is 0 Å². The second-order valence-electron chi connectivity index (χ2n) is 5.94. The van der Waals surface area contributed by atoms with Crippen LogP contribution < -0.4 is 9.88 Å². The van der Waals surface area contributed by atoms with Crippen LogP contribution in [0.4, 0.5) is 5.69 Å². The van der Waals surface area contributed by atoms with Gasteiger partial charge in [-0.25, -0.2) is 0 Å². The Hall–Kier alpha value is -1.58. The summed E-state index contributed by atoms with van der Waals surface area (Å²) in [5, 5.41) is 3.87. The quantitative estimate of drug-likeness (QED) is 0.820. The van der Waals surface area contributed by atoms with Gasteiger partial charge in [0.05, 0.1) is 10.7 Å². The molecule has 1 aromatic carbocycles. The number of hydrogen-bond acceptors (Lipinski definition) is 1. The molecular weight excluding hydrogens is 331 g/mol. The van der Waals surface area contributed by atoms with Crippen LogP contribution in [0.5, 0.6) is 0 Å². The Labute approximate surface area is 146 Å². The Kier molecular flexibility index (Phi) is 4.88. The van der Waals surface area contributed by atoms with Crippen LogP contribution >= 0.6 is 23.2 Å². The fourth-order valence-electron chi connectivity index (χ4n) is 2.90. The second-order valence-corrected chi connectivity index (χ2v) is 6.78. The molecule has 0 fully saturated rings. The summed E-state index contributed by atoms with van der Waals surface area (Å²) in [6.07, 6.45) is 8.77. The lowest BCUT2D eigenvalue weighted by Crippen LogP contribution is -2.44. The van der Waals surface area contributed by atoms with Crippen molar-refractivity contribution >= 4 is 34.8 Å². The van der Waals surface area contributed by atoms with E-state index in [2.05, 4.69) is 17.6 Å². The number of rotatable bonds is 3. The molecule has 0 bridgehead atoms. The Morgan fingerprint density at radius 2 is 1.91 bits per heavy atom. The number of fused-ring (bicyclic) bond motifs is 1. The minimum atomic E-state index is -0.322. The highest BCUT2D eigenvalue weighted by atomic mass is 35.5. The van der Waals surface area contributed by atoms with Gasteiger partial charge in [-0.3, -0.25) is 4.79 Å². The normalized spacial score (nSPS) is 14.9. The van der Waals surface area contributed by atoms with E-state index in [4.69, 9.17) is 23.2 Å². The van der Waals surface area contributed by atoms with Crippen molar-refractivity contribution in [3.63, 3.8) is 0 Å². The second kappa shape index (κ2) is 6.90. The van der Waals surface area contributed by atoms with Gasteiger partial charge in [-0.1, -0.05) is 23.2 Å². The summed E-state index contributed by atoms with van der Waals surface area (Å²) < 4.78 is 1.96. The molecule has 3 nitrogen and oxygen atoms in total. The number of aryl methyl sites for hydroxylation is 2. The molecule has 1 aromatic heterocycles. The van der Waals surface area contributed by atoms with Crippen LogP contribution in [0.1, 0.15) is 36.9 Å². The smallest absolute Gasteiger partial charge is 0.293 e. The van der Waals surface area contributed by atoms with E-state index in [1.54, 1.807) is 18.2 Å². The van der Waals surface area contributed by atoms with Gasteiger partial charge >= 0.3 is 0 Å². The minimum Gasteiger partial charge on any atom is -0.319 e. The van der Waals surface area contributed by atoms with Crippen LogP contribution in [0.25, 0.3) is 0 Å². The lowest BCUT2D eigenvalue weighted by atomic mass is 9.93. The number of nitrogens with one attached hydrogen (secondary N) is 1. The lowest BCUT2D eigenvalue weighted by Gasteiger charge is -2.15. The third kappa shape index (κ3) is 3.67. The zero-order valence-corrected chi connectivity index (χ0v) is 14.5. The molecule has 1 aliphatic carbocycles. The molecule has 1 N–H and O–H groups in total. The van der Waals surface area contributed by atoms with E-state index in [1.165, 1.54) is 24.0 Å². The van der Waals surface area contributed by atoms with Crippen LogP contribution in [0, 0.1) is 0 Å². The predicted molar refractivity (Wildman–Crippen MR) is 93.1 cm³/mol. The maximum absolute atomic E-state index is 12.5. The van der Waals surface area contributed by atoms with E-state index in [-0.39, 0.29) is 11.9 Å². The standard InChI is InChI=1S/C18H18Cl2N2O/c1-12(18(23)21-17-10-15(19)6-7-16(17)20)22-9-8-13-4-2-3-5-14(13)11-22/h6-12H,2-5H2,1H3/p+1/t12-/m0/s1. The Morgan fingerprint density at radius 1 is 1.17 bits per heavy atom. The molecule has 23 heavy (non-hydrogen) atoms. The van der Waals surface area contributed by atoms with Crippen LogP contribution in [-0.4, -0.2) is 5.91 Å². The Balaban J connectivity index is 1.78. The highest BCUT2D eigenvalue weighted by Gasteiger charge is 2.24. The van der Waals surface area contributed by atoms with Crippen molar-refractivity contribution in [3.05, 3.63) is 57.8 Å². The zero-order valence-electron chi connectivity index (χ0n) is 13.0. The Morgan fingerprint density at radius 3 is 2.70 bits per heavy atom. The molecule has 0 saturated carbocycles. The molecule has 0 saturated heterocycles. The van der Waals surface area contributed by atoms with Gasteiger partial charge in [0, 0.05) is 23.6 Å². The van der Waals surface area contributed by atoms with Crippen molar-refractivity contribution in [2.24, 2.45) is 0 Å². The molecule has 0 spiro atoms. The van der Waals surface area contributed by atoms with Crippen LogP contribution in [0.2, 0.25) is 10.0 Å². The minimum absolute atomic E-state index is 0.116. The van der Waals surface area contributed by atoms with E-state index < -0.39 is 0 Å². The van der Waals surface area contributed by atoms with Gasteiger partial charge in [0.2, 0.25) is 6.04 Å². The largest absolute Gasteiger partial charge is 0.319 e. The first-order chi connectivity index (χ1) is 11.0. The number of benzene rings is 1. The topological polar surface area (TPSA) is 33.0 Å². The van der Waals surface area contributed by atoms with Crippen LogP contribution in [-0.2, 0) is 17.6 Å². The molecule has 0 aliphatic heterocycles. The zero-order chi connectivity index (χ0) is 16.4. The molecule has 3 rings (SSSR count). The van der Waals surface area contributed by atoms with Crippen molar-refractivity contribution < 1.29 is 9.36 Å². The number of amides is 1. The number of aromatic nitrogens is 1. The Bertz CT molecular complexity index is 746. The number of hydrogen-bond donors (Lipinski definition) is 1. The lowest BCUT2D eigenvalue weighted by molar-refractivity contribution is -0.706. The molecule has 1 aliphatic rings. The first-order valence-electron chi connectivity index (χ1n) is 7.83. The van der Waals surface area contributed by atoms with Gasteiger partial charge in [0.15, 0.2) is 12.4 Å².